The van der Waals surface area contributed by atoms with Gasteiger partial charge in [-0.25, -0.2) is 9.97 Å². The Balaban J connectivity index is 2.42. The van der Waals surface area contributed by atoms with E-state index in [-0.39, 0.29) is 6.61 Å². The number of aliphatic hydroxyl groups is 1. The molecule has 3 nitrogen and oxygen atoms in total. The molecule has 88 valence electrons. The fourth-order valence-electron chi connectivity index (χ4n) is 1.47. The predicted molar refractivity (Wildman–Crippen MR) is 68.3 cm³/mol. The van der Waals surface area contributed by atoms with E-state index in [1.807, 2.05) is 6.07 Å². The highest BCUT2D eigenvalue weighted by molar-refractivity contribution is 6.36. The van der Waals surface area contributed by atoms with E-state index >= 15 is 0 Å². The van der Waals surface area contributed by atoms with Crippen LogP contribution < -0.4 is 0 Å². The fraction of sp³-hybridized carbons (Fsp3) is 0.167. The zero-order valence-corrected chi connectivity index (χ0v) is 10.4. The summed E-state index contributed by atoms with van der Waals surface area (Å²) in [5, 5.41) is 9.98. The standard InChI is InChI=1S/C12H10Cl2N2O/c13-8-1-2-9(10(14)7-8)11-3-5-15-12(16-11)4-6-17/h1-3,5,7,17H,4,6H2. The topological polar surface area (TPSA) is 46.0 Å². The van der Waals surface area contributed by atoms with Crippen LogP contribution in [0.5, 0.6) is 0 Å². The summed E-state index contributed by atoms with van der Waals surface area (Å²) < 4.78 is 0. The van der Waals surface area contributed by atoms with Crippen LogP contribution in [0.15, 0.2) is 30.5 Å². The summed E-state index contributed by atoms with van der Waals surface area (Å²) in [4.78, 5) is 8.39. The molecule has 0 aliphatic carbocycles. The number of hydrogen-bond acceptors (Lipinski definition) is 3. The van der Waals surface area contributed by atoms with Crippen molar-refractivity contribution in [2.45, 2.75) is 6.42 Å². The SMILES string of the molecule is OCCc1nccc(-c2ccc(Cl)cc2Cl)n1. The third kappa shape index (κ3) is 2.94. The van der Waals surface area contributed by atoms with Crippen molar-refractivity contribution < 1.29 is 5.11 Å². The van der Waals surface area contributed by atoms with Gasteiger partial charge in [0.05, 0.1) is 17.3 Å². The van der Waals surface area contributed by atoms with E-state index in [0.29, 0.717) is 22.3 Å². The van der Waals surface area contributed by atoms with E-state index in [0.717, 1.165) is 11.3 Å². The van der Waals surface area contributed by atoms with Crippen molar-refractivity contribution >= 4 is 23.2 Å². The molecule has 1 N–H and O–H groups in total. The first-order valence-electron chi connectivity index (χ1n) is 5.09. The molecule has 17 heavy (non-hydrogen) atoms. The first-order valence-corrected chi connectivity index (χ1v) is 5.84. The Bertz CT molecular complexity index is 532. The van der Waals surface area contributed by atoms with Gasteiger partial charge in [0.1, 0.15) is 5.82 Å². The summed E-state index contributed by atoms with van der Waals surface area (Å²) in [6.45, 7) is 0.0256. The Labute approximate surface area is 109 Å². The summed E-state index contributed by atoms with van der Waals surface area (Å²) in [6.07, 6.45) is 2.08. The van der Waals surface area contributed by atoms with Gasteiger partial charge in [0.2, 0.25) is 0 Å². The van der Waals surface area contributed by atoms with Crippen molar-refractivity contribution in [3.63, 3.8) is 0 Å². The number of nitrogens with zero attached hydrogens (tertiary/aromatic N) is 2. The maximum Gasteiger partial charge on any atom is 0.131 e. The van der Waals surface area contributed by atoms with Gasteiger partial charge in [-0.05, 0) is 24.3 Å². The van der Waals surface area contributed by atoms with E-state index in [2.05, 4.69) is 9.97 Å². The lowest BCUT2D eigenvalue weighted by molar-refractivity contribution is 0.296. The molecule has 2 aromatic rings. The van der Waals surface area contributed by atoms with Crippen molar-refractivity contribution in [3.05, 3.63) is 46.3 Å². The normalized spacial score (nSPS) is 10.5. The highest BCUT2D eigenvalue weighted by Crippen LogP contribution is 2.28. The monoisotopic (exact) mass is 268 g/mol. The Hall–Kier alpha value is -1.16. The van der Waals surface area contributed by atoms with Crippen molar-refractivity contribution in [2.24, 2.45) is 0 Å². The minimum absolute atomic E-state index is 0.0256. The molecule has 0 unspecified atom stereocenters. The number of benzene rings is 1. The van der Waals surface area contributed by atoms with Crippen LogP contribution in [0.4, 0.5) is 0 Å². The van der Waals surface area contributed by atoms with Crippen molar-refractivity contribution in [1.82, 2.24) is 9.97 Å². The average Bonchev–Trinajstić information content (AvgIpc) is 2.29. The third-order valence-corrected chi connectivity index (χ3v) is 2.80. The van der Waals surface area contributed by atoms with Crippen LogP contribution in [-0.4, -0.2) is 21.7 Å². The number of hydrogen-bond donors (Lipinski definition) is 1. The van der Waals surface area contributed by atoms with Gasteiger partial charge in [0, 0.05) is 23.2 Å². The first kappa shape index (κ1) is 12.3. The average molecular weight is 269 g/mol. The quantitative estimate of drug-likeness (QED) is 0.931. The zero-order chi connectivity index (χ0) is 12.3. The van der Waals surface area contributed by atoms with Crippen molar-refractivity contribution in [3.8, 4) is 11.3 Å². The summed E-state index contributed by atoms with van der Waals surface area (Å²) in [7, 11) is 0. The molecule has 0 atom stereocenters. The van der Waals surface area contributed by atoms with E-state index in [1.165, 1.54) is 0 Å². The fourth-order valence-corrected chi connectivity index (χ4v) is 1.97. The second-order valence-electron chi connectivity index (χ2n) is 3.46. The lowest BCUT2D eigenvalue weighted by Crippen LogP contribution is -1.99. The van der Waals surface area contributed by atoms with E-state index < -0.39 is 0 Å². The highest BCUT2D eigenvalue weighted by Gasteiger charge is 2.06. The molecule has 0 fully saturated rings. The molecule has 0 spiro atoms. The van der Waals surface area contributed by atoms with Crippen LogP contribution in [0, 0.1) is 0 Å². The number of aliphatic hydroxyl groups excluding tert-OH is 1. The molecule has 1 heterocycles. The molecule has 5 heteroatoms. The van der Waals surface area contributed by atoms with Gasteiger partial charge in [-0.1, -0.05) is 23.2 Å². The van der Waals surface area contributed by atoms with Crippen LogP contribution in [0.1, 0.15) is 5.82 Å². The molecule has 0 bridgehead atoms. The van der Waals surface area contributed by atoms with E-state index in [9.17, 15) is 0 Å². The lowest BCUT2D eigenvalue weighted by atomic mass is 10.1. The third-order valence-electron chi connectivity index (χ3n) is 2.25. The lowest BCUT2D eigenvalue weighted by Gasteiger charge is -2.05. The number of aromatic nitrogens is 2. The molecule has 0 aliphatic rings. The van der Waals surface area contributed by atoms with Crippen LogP contribution in [0.2, 0.25) is 10.0 Å². The predicted octanol–water partition coefficient (Wildman–Crippen LogP) is 2.99. The molecule has 0 aliphatic heterocycles. The van der Waals surface area contributed by atoms with Crippen LogP contribution in [0.25, 0.3) is 11.3 Å². The molecule has 0 radical (unpaired) electrons. The molecule has 2 rings (SSSR count). The van der Waals surface area contributed by atoms with Gasteiger partial charge in [0.15, 0.2) is 0 Å². The summed E-state index contributed by atoms with van der Waals surface area (Å²) >= 11 is 11.9. The maximum absolute atomic E-state index is 8.85. The molecule has 0 saturated heterocycles. The van der Waals surface area contributed by atoms with Gasteiger partial charge in [-0.3, -0.25) is 0 Å². The second kappa shape index (κ2) is 5.45. The minimum Gasteiger partial charge on any atom is -0.396 e. The maximum atomic E-state index is 8.85. The highest BCUT2D eigenvalue weighted by atomic mass is 35.5. The van der Waals surface area contributed by atoms with E-state index in [4.69, 9.17) is 28.3 Å². The van der Waals surface area contributed by atoms with Gasteiger partial charge in [-0.15, -0.1) is 0 Å². The minimum atomic E-state index is 0.0256. The van der Waals surface area contributed by atoms with Gasteiger partial charge < -0.3 is 5.11 Å². The summed E-state index contributed by atoms with van der Waals surface area (Å²) in [6, 6.07) is 7.02. The summed E-state index contributed by atoms with van der Waals surface area (Å²) in [5.74, 6) is 0.594. The Morgan fingerprint density at radius 1 is 1.18 bits per heavy atom. The Morgan fingerprint density at radius 2 is 2.00 bits per heavy atom. The Morgan fingerprint density at radius 3 is 2.71 bits per heavy atom. The molecular formula is C12H10Cl2N2O. The molecule has 0 saturated carbocycles. The van der Waals surface area contributed by atoms with Gasteiger partial charge >= 0.3 is 0 Å². The molecular weight excluding hydrogens is 259 g/mol. The van der Waals surface area contributed by atoms with Crippen molar-refractivity contribution in [1.29, 1.82) is 0 Å². The largest absolute Gasteiger partial charge is 0.396 e. The second-order valence-corrected chi connectivity index (χ2v) is 4.30. The van der Waals surface area contributed by atoms with Crippen molar-refractivity contribution in [2.75, 3.05) is 6.61 Å². The van der Waals surface area contributed by atoms with Gasteiger partial charge in [0.25, 0.3) is 0 Å². The molecule has 0 amide bonds. The number of halogens is 2. The van der Waals surface area contributed by atoms with Crippen LogP contribution >= 0.6 is 23.2 Å². The van der Waals surface area contributed by atoms with Crippen LogP contribution in [0.3, 0.4) is 0 Å². The van der Waals surface area contributed by atoms with E-state index in [1.54, 1.807) is 24.4 Å². The van der Waals surface area contributed by atoms with Crippen LogP contribution in [-0.2, 0) is 6.42 Å². The first-order chi connectivity index (χ1) is 8.20. The number of rotatable bonds is 3. The smallest absolute Gasteiger partial charge is 0.131 e. The molecule has 1 aromatic heterocycles. The molecule has 1 aromatic carbocycles. The Kier molecular flexibility index (Phi) is 3.94. The zero-order valence-electron chi connectivity index (χ0n) is 8.90. The van der Waals surface area contributed by atoms with Gasteiger partial charge in [-0.2, -0.15) is 0 Å². The summed E-state index contributed by atoms with van der Waals surface area (Å²) in [5.41, 5.74) is 1.53.